The van der Waals surface area contributed by atoms with E-state index in [0.717, 1.165) is 58.3 Å². The average molecular weight is 549 g/mol. The van der Waals surface area contributed by atoms with Gasteiger partial charge in [-0.1, -0.05) is 18.2 Å². The largest absolute Gasteiger partial charge is 0.496 e. The van der Waals surface area contributed by atoms with Crippen LogP contribution in [0.5, 0.6) is 5.75 Å². The second-order valence-corrected chi connectivity index (χ2v) is 8.67. The van der Waals surface area contributed by atoms with Gasteiger partial charge in [-0.2, -0.15) is 0 Å². The van der Waals surface area contributed by atoms with E-state index in [1.54, 1.807) is 7.11 Å². The van der Waals surface area contributed by atoms with Crippen molar-refractivity contribution in [2.45, 2.75) is 25.5 Å². The van der Waals surface area contributed by atoms with Gasteiger partial charge in [-0.05, 0) is 52.5 Å². The van der Waals surface area contributed by atoms with E-state index in [0.29, 0.717) is 24.7 Å². The normalized spacial score (nSPS) is 13.9. The topological polar surface area (TPSA) is 84.1 Å². The summed E-state index contributed by atoms with van der Waals surface area (Å²) in [6, 6.07) is 11.6. The number of aromatic nitrogens is 2. The Morgan fingerprint density at radius 1 is 1.18 bits per heavy atom. The molecule has 2 N–H and O–H groups in total. The summed E-state index contributed by atoms with van der Waals surface area (Å²) >= 11 is 3.52. The molecule has 34 heavy (non-hydrogen) atoms. The summed E-state index contributed by atoms with van der Waals surface area (Å²) < 4.78 is 11.9. The summed E-state index contributed by atoms with van der Waals surface area (Å²) in [5.41, 5.74) is 1.63. The van der Waals surface area contributed by atoms with Crippen LogP contribution in [0.25, 0.3) is 15.6 Å². The number of nitrogens with one attached hydrogen (secondary N) is 1. The lowest BCUT2D eigenvalue weighted by Gasteiger charge is -2.33. The lowest BCUT2D eigenvalue weighted by molar-refractivity contribution is 0.0158. The Bertz CT molecular complexity index is 1170. The van der Waals surface area contributed by atoms with Crippen LogP contribution in [0.3, 0.4) is 0 Å². The lowest BCUT2D eigenvalue weighted by atomic mass is 10.1. The molecule has 180 valence electrons. The molecule has 0 radical (unpaired) electrons. The Morgan fingerprint density at radius 3 is 2.65 bits per heavy atom. The minimum absolute atomic E-state index is 0. The maximum Gasteiger partial charge on any atom is 0.188 e. The van der Waals surface area contributed by atoms with E-state index in [1.165, 1.54) is 0 Å². The van der Waals surface area contributed by atoms with E-state index in [-0.39, 0.29) is 25.1 Å². The molecule has 1 aliphatic heterocycles. The first-order valence-corrected chi connectivity index (χ1v) is 11.6. The molecule has 1 aliphatic rings. The van der Waals surface area contributed by atoms with Crippen molar-refractivity contribution in [1.82, 2.24) is 10.2 Å². The second-order valence-electron chi connectivity index (χ2n) is 7.82. The predicted molar refractivity (Wildman–Crippen MR) is 139 cm³/mol. The van der Waals surface area contributed by atoms with Gasteiger partial charge in [-0.25, -0.2) is 4.85 Å². The summed E-state index contributed by atoms with van der Waals surface area (Å²) in [5, 5.41) is 23.2. The van der Waals surface area contributed by atoms with E-state index < -0.39 is 0 Å². The molecule has 10 heteroatoms. The van der Waals surface area contributed by atoms with Gasteiger partial charge in [0, 0.05) is 30.4 Å². The fraction of sp³-hybridized carbons (Fsp3) is 0.375. The number of nitrogens with zero attached hydrogens (tertiary/aromatic N) is 4. The molecule has 2 heterocycles. The highest BCUT2D eigenvalue weighted by Crippen LogP contribution is 2.34. The van der Waals surface area contributed by atoms with Crippen molar-refractivity contribution in [3.63, 3.8) is 0 Å². The number of ether oxygens (including phenoxy) is 2. The smallest absolute Gasteiger partial charge is 0.188 e. The fourth-order valence-corrected chi connectivity index (χ4v) is 4.61. The molecule has 1 aromatic heterocycles. The number of hydrogen-bond donors (Lipinski definition) is 2. The molecule has 0 unspecified atom stereocenters. The molecule has 0 amide bonds. The molecule has 0 aliphatic carbocycles. The quantitative estimate of drug-likeness (QED) is 0.385. The molecule has 0 saturated carbocycles. The van der Waals surface area contributed by atoms with Gasteiger partial charge in [0.15, 0.2) is 17.3 Å². The molecule has 1 fully saturated rings. The monoisotopic (exact) mass is 547 g/mol. The summed E-state index contributed by atoms with van der Waals surface area (Å²) in [4.78, 5) is 5.81. The number of aliphatic hydroxyl groups is 1. The second kappa shape index (κ2) is 12.2. The third-order valence-corrected chi connectivity index (χ3v) is 6.36. The van der Waals surface area contributed by atoms with Gasteiger partial charge in [0.25, 0.3) is 0 Å². The molecule has 4 rings (SSSR count). The first-order valence-electron chi connectivity index (χ1n) is 10.8. The maximum atomic E-state index is 8.98. The predicted octanol–water partition coefficient (Wildman–Crippen LogP) is 4.96. The highest BCUT2D eigenvalue weighted by molar-refractivity contribution is 9.10. The van der Waals surface area contributed by atoms with Gasteiger partial charge in [0.2, 0.25) is 0 Å². The number of fused-ring (bicyclic) bond motifs is 1. The summed E-state index contributed by atoms with van der Waals surface area (Å²) in [6.45, 7) is 10.0. The minimum Gasteiger partial charge on any atom is -0.496 e. The zero-order valence-corrected chi connectivity index (χ0v) is 21.2. The molecular formula is C24H27BrClN5O3. The van der Waals surface area contributed by atoms with Gasteiger partial charge in [-0.15, -0.1) is 22.6 Å². The summed E-state index contributed by atoms with van der Waals surface area (Å²) in [6.07, 6.45) is 1.90. The number of hydrogen-bond acceptors (Lipinski definition) is 7. The summed E-state index contributed by atoms with van der Waals surface area (Å²) in [7, 11) is 1.64. The minimum atomic E-state index is 0. The van der Waals surface area contributed by atoms with Crippen LogP contribution < -0.4 is 15.0 Å². The van der Waals surface area contributed by atoms with Gasteiger partial charge >= 0.3 is 0 Å². The van der Waals surface area contributed by atoms with Gasteiger partial charge in [0.1, 0.15) is 5.75 Å². The van der Waals surface area contributed by atoms with Crippen molar-refractivity contribution >= 4 is 56.4 Å². The van der Waals surface area contributed by atoms with Crippen LogP contribution in [-0.4, -0.2) is 54.8 Å². The first-order chi connectivity index (χ1) is 16.1. The molecule has 1 saturated heterocycles. The molecular weight excluding hydrogens is 522 g/mol. The Morgan fingerprint density at radius 2 is 1.97 bits per heavy atom. The maximum absolute atomic E-state index is 8.98. The molecule has 0 spiro atoms. The summed E-state index contributed by atoms with van der Waals surface area (Å²) in [5.74, 6) is 2.24. The lowest BCUT2D eigenvalue weighted by Crippen LogP contribution is -2.38. The molecule has 0 atom stereocenters. The van der Waals surface area contributed by atoms with Gasteiger partial charge < -0.3 is 24.8 Å². The van der Waals surface area contributed by atoms with Crippen molar-refractivity contribution in [2.75, 3.05) is 43.6 Å². The number of methoxy groups -OCH3 is 1. The van der Waals surface area contributed by atoms with E-state index >= 15 is 0 Å². The van der Waals surface area contributed by atoms with Crippen LogP contribution >= 0.6 is 28.3 Å². The number of anilines is 2. The van der Waals surface area contributed by atoms with Crippen LogP contribution in [0.4, 0.5) is 17.3 Å². The number of aliphatic hydroxyl groups excluding tert-OH is 1. The van der Waals surface area contributed by atoms with Crippen molar-refractivity contribution in [1.29, 1.82) is 0 Å². The molecule has 0 bridgehead atoms. The number of halogens is 2. The average Bonchev–Trinajstić information content (AvgIpc) is 2.86. The van der Waals surface area contributed by atoms with Gasteiger partial charge in [-0.3, -0.25) is 0 Å². The van der Waals surface area contributed by atoms with Crippen molar-refractivity contribution < 1.29 is 14.6 Å². The van der Waals surface area contributed by atoms with Crippen molar-refractivity contribution in [2.24, 2.45) is 0 Å². The standard InChI is InChI=1S/C24H26BrN5O3.ClH/c1-26-17-4-5-19-20(14-17)23(27-15-16-3-6-22(32-2)21(25)13-16)28-29-24(19)30-9-7-18(8-10-30)33-12-11-31;/h3-6,13-14,18,31H,7-12,15H2,2H3,(H,27,28);1H. The Labute approximate surface area is 213 Å². The highest BCUT2D eigenvalue weighted by atomic mass is 79.9. The number of piperidine rings is 1. The third kappa shape index (κ3) is 5.88. The van der Waals surface area contributed by atoms with E-state index in [4.69, 9.17) is 21.2 Å². The van der Waals surface area contributed by atoms with Crippen LogP contribution in [0.2, 0.25) is 0 Å². The van der Waals surface area contributed by atoms with Crippen molar-refractivity contribution in [3.05, 3.63) is 57.9 Å². The van der Waals surface area contributed by atoms with E-state index in [9.17, 15) is 0 Å². The SMILES string of the molecule is Cl.[C-]#[N+]c1ccc2c(N3CCC(OCCO)CC3)nnc(NCc3ccc(OC)c(Br)c3)c2c1. The van der Waals surface area contributed by atoms with Gasteiger partial charge in [0.05, 0.1) is 37.5 Å². The fourth-order valence-electron chi connectivity index (χ4n) is 4.02. The van der Waals surface area contributed by atoms with Crippen molar-refractivity contribution in [3.8, 4) is 5.75 Å². The highest BCUT2D eigenvalue weighted by Gasteiger charge is 2.23. The molecule has 3 aromatic rings. The number of benzene rings is 2. The van der Waals surface area contributed by atoms with Crippen LogP contribution in [0.15, 0.2) is 40.9 Å². The Kier molecular flexibility index (Phi) is 9.30. The Hall–Kier alpha value is -2.64. The molecule has 8 nitrogen and oxygen atoms in total. The van der Waals surface area contributed by atoms with Crippen LogP contribution in [-0.2, 0) is 11.3 Å². The number of rotatable bonds is 8. The molecule has 2 aromatic carbocycles. The van der Waals surface area contributed by atoms with E-state index in [1.807, 2.05) is 36.4 Å². The zero-order valence-electron chi connectivity index (χ0n) is 18.8. The van der Waals surface area contributed by atoms with Crippen LogP contribution in [0.1, 0.15) is 18.4 Å². The first kappa shape index (κ1) is 26.0. The van der Waals surface area contributed by atoms with E-state index in [2.05, 4.69) is 41.2 Å². The zero-order chi connectivity index (χ0) is 23.2. The van der Waals surface area contributed by atoms with Crippen LogP contribution in [0, 0.1) is 6.57 Å². The third-order valence-electron chi connectivity index (χ3n) is 5.74. The Balaban J connectivity index is 0.00000324.